The summed E-state index contributed by atoms with van der Waals surface area (Å²) in [7, 11) is 0. The van der Waals surface area contributed by atoms with Crippen LogP contribution in [0.25, 0.3) is 22.2 Å². The Bertz CT molecular complexity index is 1380. The number of nitrogens with zero attached hydrogens (tertiary/aromatic N) is 1. The molecule has 33 heavy (non-hydrogen) atoms. The average molecular weight is 452 g/mol. The molecule has 0 N–H and O–H groups in total. The van der Waals surface area contributed by atoms with E-state index in [1.165, 1.54) is 33.3 Å². The lowest BCUT2D eigenvalue weighted by Crippen LogP contribution is -2.02. The molecule has 0 amide bonds. The Morgan fingerprint density at radius 3 is 2.21 bits per heavy atom. The number of hydrogen-bond acceptors (Lipinski definition) is 1. The minimum atomic E-state index is 0.555. The van der Waals surface area contributed by atoms with E-state index in [2.05, 4.69) is 85.1 Å². The summed E-state index contributed by atoms with van der Waals surface area (Å²) in [6.07, 6.45) is 0. The van der Waals surface area contributed by atoms with Crippen LogP contribution >= 0.6 is 11.6 Å². The third-order valence-electron chi connectivity index (χ3n) is 6.12. The number of halogens is 1. The van der Waals surface area contributed by atoms with Crippen LogP contribution in [0.3, 0.4) is 0 Å². The molecule has 0 spiro atoms. The molecular weight excluding hydrogens is 426 g/mol. The van der Waals surface area contributed by atoms with Crippen LogP contribution in [0, 0.1) is 13.8 Å². The number of hydrogen-bond donors (Lipinski definition) is 0. The molecule has 0 bridgehead atoms. The molecule has 5 aromatic rings. The molecule has 1 aromatic heterocycles. The second-order valence-electron chi connectivity index (χ2n) is 8.51. The van der Waals surface area contributed by atoms with Gasteiger partial charge in [-0.05, 0) is 66.4 Å². The van der Waals surface area contributed by atoms with Gasteiger partial charge in [-0.2, -0.15) is 0 Å². The number of fused-ring (bicyclic) bond motifs is 1. The van der Waals surface area contributed by atoms with Crippen molar-refractivity contribution in [3.63, 3.8) is 0 Å². The fourth-order valence-electron chi connectivity index (χ4n) is 4.35. The number of aryl methyl sites for hydroxylation is 2. The Labute approximate surface area is 200 Å². The second kappa shape index (κ2) is 9.17. The van der Waals surface area contributed by atoms with Gasteiger partial charge in [-0.1, -0.05) is 83.9 Å². The molecule has 4 aromatic carbocycles. The van der Waals surface area contributed by atoms with E-state index < -0.39 is 0 Å². The smallest absolute Gasteiger partial charge is 0.120 e. The van der Waals surface area contributed by atoms with E-state index in [1.54, 1.807) is 0 Å². The van der Waals surface area contributed by atoms with Gasteiger partial charge < -0.3 is 9.30 Å². The lowest BCUT2D eigenvalue weighted by molar-refractivity contribution is 0.306. The zero-order valence-electron chi connectivity index (χ0n) is 18.9. The van der Waals surface area contributed by atoms with Crippen LogP contribution in [-0.4, -0.2) is 4.57 Å². The van der Waals surface area contributed by atoms with Crippen LogP contribution in [0.4, 0.5) is 0 Å². The highest BCUT2D eigenvalue weighted by molar-refractivity contribution is 6.30. The van der Waals surface area contributed by atoms with Crippen LogP contribution in [0.5, 0.6) is 5.75 Å². The first kappa shape index (κ1) is 21.4. The molecule has 0 saturated heterocycles. The summed E-state index contributed by atoms with van der Waals surface area (Å²) in [6, 6.07) is 33.5. The minimum Gasteiger partial charge on any atom is -0.489 e. The molecular formula is C30H26ClNO. The van der Waals surface area contributed by atoms with E-state index in [0.717, 1.165) is 28.4 Å². The highest BCUT2D eigenvalue weighted by Crippen LogP contribution is 2.36. The van der Waals surface area contributed by atoms with Gasteiger partial charge in [0.1, 0.15) is 12.4 Å². The van der Waals surface area contributed by atoms with Crippen molar-refractivity contribution in [1.29, 1.82) is 0 Å². The van der Waals surface area contributed by atoms with E-state index in [9.17, 15) is 0 Å². The first-order valence-electron chi connectivity index (χ1n) is 11.2. The normalized spacial score (nSPS) is 11.1. The molecule has 0 fully saturated rings. The molecule has 3 heteroatoms. The van der Waals surface area contributed by atoms with Gasteiger partial charge in [0.2, 0.25) is 0 Å². The number of ether oxygens (including phenoxy) is 1. The van der Waals surface area contributed by atoms with Crippen LogP contribution < -0.4 is 4.74 Å². The van der Waals surface area contributed by atoms with Gasteiger partial charge in [-0.15, -0.1) is 0 Å². The standard InChI is InChI=1S/C30H26ClNO/c1-21-8-10-23(11-9-21)19-32-29-17-16-27(33-20-24-6-4-3-5-7-24)18-28(29)22(2)30(32)25-12-14-26(31)15-13-25/h3-18H,19-20H2,1-2H3. The fraction of sp³-hybridized carbons (Fsp3) is 0.133. The number of rotatable bonds is 6. The van der Waals surface area contributed by atoms with Crippen LogP contribution in [-0.2, 0) is 13.2 Å². The third-order valence-corrected chi connectivity index (χ3v) is 6.37. The molecule has 0 atom stereocenters. The third kappa shape index (κ3) is 4.53. The van der Waals surface area contributed by atoms with Crippen molar-refractivity contribution >= 4 is 22.5 Å². The molecule has 0 saturated carbocycles. The van der Waals surface area contributed by atoms with Crippen molar-refractivity contribution in [3.05, 3.63) is 124 Å². The van der Waals surface area contributed by atoms with Crippen molar-refractivity contribution in [2.75, 3.05) is 0 Å². The number of aromatic nitrogens is 1. The van der Waals surface area contributed by atoms with Gasteiger partial charge in [-0.3, -0.25) is 0 Å². The van der Waals surface area contributed by atoms with Gasteiger partial charge in [-0.25, -0.2) is 0 Å². The molecule has 0 aliphatic heterocycles. The second-order valence-corrected chi connectivity index (χ2v) is 8.94. The molecule has 1 heterocycles. The summed E-state index contributed by atoms with van der Waals surface area (Å²) in [5, 5.41) is 1.95. The van der Waals surface area contributed by atoms with Crippen molar-refractivity contribution in [2.24, 2.45) is 0 Å². The van der Waals surface area contributed by atoms with Crippen LogP contribution in [0.1, 0.15) is 22.3 Å². The Morgan fingerprint density at radius 2 is 1.48 bits per heavy atom. The van der Waals surface area contributed by atoms with Crippen molar-refractivity contribution in [3.8, 4) is 17.0 Å². The van der Waals surface area contributed by atoms with Crippen molar-refractivity contribution in [2.45, 2.75) is 27.0 Å². The maximum absolute atomic E-state index is 6.18. The van der Waals surface area contributed by atoms with Gasteiger partial charge in [0.15, 0.2) is 0 Å². The van der Waals surface area contributed by atoms with Gasteiger partial charge in [0.05, 0.1) is 5.69 Å². The lowest BCUT2D eigenvalue weighted by atomic mass is 10.1. The molecule has 2 nitrogen and oxygen atoms in total. The average Bonchev–Trinajstić information content (AvgIpc) is 3.11. The summed E-state index contributed by atoms with van der Waals surface area (Å²) in [6.45, 7) is 5.67. The molecule has 164 valence electrons. The minimum absolute atomic E-state index is 0.555. The maximum Gasteiger partial charge on any atom is 0.120 e. The summed E-state index contributed by atoms with van der Waals surface area (Å²) >= 11 is 6.18. The van der Waals surface area contributed by atoms with E-state index in [4.69, 9.17) is 16.3 Å². The van der Waals surface area contributed by atoms with Crippen molar-refractivity contribution < 1.29 is 4.74 Å². The Balaban J connectivity index is 1.58. The van der Waals surface area contributed by atoms with Gasteiger partial charge >= 0.3 is 0 Å². The SMILES string of the molecule is Cc1ccc(Cn2c(-c3ccc(Cl)cc3)c(C)c3cc(OCc4ccccc4)ccc32)cc1. The van der Waals surface area contributed by atoms with Gasteiger partial charge in [0.25, 0.3) is 0 Å². The first-order chi connectivity index (χ1) is 16.1. The molecule has 5 rings (SSSR count). The van der Waals surface area contributed by atoms with E-state index in [1.807, 2.05) is 30.3 Å². The summed E-state index contributed by atoms with van der Waals surface area (Å²) in [5.74, 6) is 0.879. The van der Waals surface area contributed by atoms with Crippen LogP contribution in [0.2, 0.25) is 5.02 Å². The fourth-order valence-corrected chi connectivity index (χ4v) is 4.48. The first-order valence-corrected chi connectivity index (χ1v) is 11.6. The molecule has 0 radical (unpaired) electrons. The van der Waals surface area contributed by atoms with Gasteiger partial charge in [0, 0.05) is 22.5 Å². The van der Waals surface area contributed by atoms with E-state index in [0.29, 0.717) is 6.61 Å². The predicted molar refractivity (Wildman–Crippen MR) is 138 cm³/mol. The summed E-state index contributed by atoms with van der Waals surface area (Å²) < 4.78 is 8.53. The quantitative estimate of drug-likeness (QED) is 0.253. The highest BCUT2D eigenvalue weighted by atomic mass is 35.5. The summed E-state index contributed by atoms with van der Waals surface area (Å²) in [5.41, 5.74) is 8.51. The Hall–Kier alpha value is -3.49. The highest BCUT2D eigenvalue weighted by Gasteiger charge is 2.17. The Morgan fingerprint density at radius 1 is 0.758 bits per heavy atom. The van der Waals surface area contributed by atoms with Crippen LogP contribution in [0.15, 0.2) is 97.1 Å². The van der Waals surface area contributed by atoms with Crippen molar-refractivity contribution in [1.82, 2.24) is 4.57 Å². The van der Waals surface area contributed by atoms with E-state index >= 15 is 0 Å². The zero-order chi connectivity index (χ0) is 22.8. The molecule has 0 unspecified atom stereocenters. The predicted octanol–water partition coefficient (Wildman–Crippen LogP) is 8.21. The van der Waals surface area contributed by atoms with E-state index in [-0.39, 0.29) is 0 Å². The monoisotopic (exact) mass is 451 g/mol. The Kier molecular flexibility index (Phi) is 5.93. The lowest BCUT2D eigenvalue weighted by Gasteiger charge is -2.13. The topological polar surface area (TPSA) is 14.2 Å². The maximum atomic E-state index is 6.18. The molecule has 0 aliphatic carbocycles. The number of benzene rings is 4. The molecule has 0 aliphatic rings. The zero-order valence-corrected chi connectivity index (χ0v) is 19.6. The summed E-state index contributed by atoms with van der Waals surface area (Å²) in [4.78, 5) is 0. The largest absolute Gasteiger partial charge is 0.489 e.